The number of hydrogen-bond acceptors (Lipinski definition) is 4. The van der Waals surface area contributed by atoms with Crippen molar-refractivity contribution in [2.45, 2.75) is 77.6 Å². The monoisotopic (exact) mass is 403 g/mol. The summed E-state index contributed by atoms with van der Waals surface area (Å²) >= 11 is 0. The van der Waals surface area contributed by atoms with E-state index in [2.05, 4.69) is 10.6 Å². The minimum Gasteiger partial charge on any atom is -0.444 e. The molecule has 2 atom stereocenters. The van der Waals surface area contributed by atoms with Gasteiger partial charge in [-0.25, -0.2) is 4.79 Å². The average molecular weight is 404 g/mol. The summed E-state index contributed by atoms with van der Waals surface area (Å²) < 4.78 is 5.31. The lowest BCUT2D eigenvalue weighted by atomic mass is 9.96. The highest BCUT2D eigenvalue weighted by molar-refractivity contribution is 5.94. The first-order valence-corrected chi connectivity index (χ1v) is 10.2. The number of carbonyl (C=O) groups excluding carboxylic acids is 3. The van der Waals surface area contributed by atoms with Gasteiger partial charge in [-0.15, -0.1) is 0 Å². The summed E-state index contributed by atoms with van der Waals surface area (Å²) in [6.07, 6.45) is 1.11. The van der Waals surface area contributed by atoms with Crippen molar-refractivity contribution in [3.05, 3.63) is 35.9 Å². The first-order chi connectivity index (χ1) is 13.6. The van der Waals surface area contributed by atoms with Crippen molar-refractivity contribution in [2.75, 3.05) is 6.54 Å². The molecule has 3 amide bonds. The van der Waals surface area contributed by atoms with Crippen molar-refractivity contribution in [3.8, 4) is 0 Å². The Morgan fingerprint density at radius 3 is 2.38 bits per heavy atom. The fraction of sp³-hybridized carbons (Fsp3) is 0.591. The fourth-order valence-electron chi connectivity index (χ4n) is 3.32. The molecule has 0 radical (unpaired) electrons. The number of hydrogen-bond donors (Lipinski definition) is 2. The third kappa shape index (κ3) is 6.21. The highest BCUT2D eigenvalue weighted by Crippen LogP contribution is 2.24. The Bertz CT molecular complexity index is 729. The number of ether oxygens (including phenoxy) is 1. The number of likely N-dealkylation sites (tertiary alicyclic amines) is 1. The second-order valence-electron chi connectivity index (χ2n) is 8.67. The summed E-state index contributed by atoms with van der Waals surface area (Å²) in [4.78, 5) is 39.8. The zero-order valence-corrected chi connectivity index (χ0v) is 18.1. The Morgan fingerprint density at radius 1 is 1.14 bits per heavy atom. The molecule has 0 unspecified atom stereocenters. The van der Waals surface area contributed by atoms with Crippen molar-refractivity contribution in [1.29, 1.82) is 0 Å². The van der Waals surface area contributed by atoms with Crippen LogP contribution in [0.1, 0.15) is 59.4 Å². The summed E-state index contributed by atoms with van der Waals surface area (Å²) in [6.45, 7) is 9.72. The molecule has 1 aromatic rings. The lowest BCUT2D eigenvalue weighted by molar-refractivity contribution is -0.143. The molecule has 1 saturated heterocycles. The Kier molecular flexibility index (Phi) is 7.27. The highest BCUT2D eigenvalue weighted by Gasteiger charge is 2.43. The van der Waals surface area contributed by atoms with Crippen LogP contribution in [0.3, 0.4) is 0 Å². The molecular weight excluding hydrogens is 370 g/mol. The van der Waals surface area contributed by atoms with Gasteiger partial charge in [-0.1, -0.05) is 37.3 Å². The second kappa shape index (κ2) is 9.29. The molecule has 1 aliphatic rings. The molecule has 1 fully saturated rings. The molecule has 0 spiro atoms. The van der Waals surface area contributed by atoms with E-state index in [0.717, 1.165) is 12.0 Å². The van der Waals surface area contributed by atoms with Gasteiger partial charge in [0.15, 0.2) is 0 Å². The third-order valence-corrected chi connectivity index (χ3v) is 5.08. The van der Waals surface area contributed by atoms with E-state index < -0.39 is 23.3 Å². The number of nitrogens with one attached hydrogen (secondary N) is 2. The molecule has 0 saturated carbocycles. The van der Waals surface area contributed by atoms with Gasteiger partial charge in [0.2, 0.25) is 11.8 Å². The molecule has 7 nitrogen and oxygen atoms in total. The zero-order chi connectivity index (χ0) is 21.7. The van der Waals surface area contributed by atoms with Gasteiger partial charge in [-0.2, -0.15) is 0 Å². The van der Waals surface area contributed by atoms with Crippen LogP contribution in [0.5, 0.6) is 0 Å². The van der Waals surface area contributed by atoms with Crippen LogP contribution >= 0.6 is 0 Å². The van der Waals surface area contributed by atoms with Crippen LogP contribution in [0.2, 0.25) is 0 Å². The Hall–Kier alpha value is -2.57. The van der Waals surface area contributed by atoms with Gasteiger partial charge < -0.3 is 20.3 Å². The molecule has 2 rings (SSSR count). The van der Waals surface area contributed by atoms with E-state index in [1.54, 1.807) is 32.6 Å². The van der Waals surface area contributed by atoms with E-state index in [9.17, 15) is 14.4 Å². The maximum Gasteiger partial charge on any atom is 0.408 e. The number of nitrogens with zero attached hydrogens (tertiary/aromatic N) is 1. The van der Waals surface area contributed by atoms with Crippen LogP contribution in [-0.2, 0) is 20.9 Å². The summed E-state index contributed by atoms with van der Waals surface area (Å²) in [7, 11) is 0. The molecule has 2 N–H and O–H groups in total. The average Bonchev–Trinajstić information content (AvgIpc) is 3.14. The molecule has 0 aromatic heterocycles. The van der Waals surface area contributed by atoms with Crippen molar-refractivity contribution in [3.63, 3.8) is 0 Å². The smallest absolute Gasteiger partial charge is 0.408 e. The molecule has 160 valence electrons. The lowest BCUT2D eigenvalue weighted by Gasteiger charge is -2.35. The summed E-state index contributed by atoms with van der Waals surface area (Å²) in [5, 5.41) is 5.63. The standard InChI is InChI=1S/C22H33N3O4/c1-6-22(5,24-20(28)29-21(2,3)4)19(27)25-14-10-13-17(25)18(26)23-15-16-11-8-7-9-12-16/h7-9,11-12,17H,6,10,13-15H2,1-5H3,(H,23,26)(H,24,28)/t17-,22-/m0/s1. The van der Waals surface area contributed by atoms with Crippen LogP contribution in [0.4, 0.5) is 4.79 Å². The molecule has 1 aliphatic heterocycles. The maximum absolute atomic E-state index is 13.3. The summed E-state index contributed by atoms with van der Waals surface area (Å²) in [5.41, 5.74) is -0.790. The van der Waals surface area contributed by atoms with Crippen molar-refractivity contribution < 1.29 is 19.1 Å². The highest BCUT2D eigenvalue weighted by atomic mass is 16.6. The van der Waals surface area contributed by atoms with E-state index in [0.29, 0.717) is 25.9 Å². The van der Waals surface area contributed by atoms with Gasteiger partial charge in [0.1, 0.15) is 17.2 Å². The molecule has 7 heteroatoms. The van der Waals surface area contributed by atoms with E-state index in [-0.39, 0.29) is 11.8 Å². The van der Waals surface area contributed by atoms with Crippen molar-refractivity contribution in [2.24, 2.45) is 0 Å². The normalized spacial score (nSPS) is 18.7. The minimum atomic E-state index is -1.13. The van der Waals surface area contributed by atoms with Crippen LogP contribution < -0.4 is 10.6 Å². The largest absolute Gasteiger partial charge is 0.444 e. The van der Waals surface area contributed by atoms with E-state index in [1.165, 1.54) is 0 Å². The quantitative estimate of drug-likeness (QED) is 0.764. The Balaban J connectivity index is 2.04. The predicted octanol–water partition coefficient (Wildman–Crippen LogP) is 2.99. The van der Waals surface area contributed by atoms with Gasteiger partial charge >= 0.3 is 6.09 Å². The number of rotatable bonds is 6. The molecule has 1 aromatic carbocycles. The molecule has 1 heterocycles. The van der Waals surface area contributed by atoms with Gasteiger partial charge in [-0.3, -0.25) is 9.59 Å². The van der Waals surface area contributed by atoms with Crippen LogP contribution in [-0.4, -0.2) is 46.5 Å². The van der Waals surface area contributed by atoms with Gasteiger partial charge in [0.05, 0.1) is 0 Å². The van der Waals surface area contributed by atoms with E-state index in [1.807, 2.05) is 37.3 Å². The summed E-state index contributed by atoms with van der Waals surface area (Å²) in [5.74, 6) is -0.432. The van der Waals surface area contributed by atoms with Gasteiger partial charge in [0, 0.05) is 13.1 Å². The Morgan fingerprint density at radius 2 is 1.79 bits per heavy atom. The third-order valence-electron chi connectivity index (χ3n) is 5.08. The topological polar surface area (TPSA) is 87.7 Å². The summed E-state index contributed by atoms with van der Waals surface area (Å²) in [6, 6.07) is 9.11. The van der Waals surface area contributed by atoms with Crippen LogP contribution in [0.15, 0.2) is 30.3 Å². The first kappa shape index (κ1) is 22.7. The zero-order valence-electron chi connectivity index (χ0n) is 18.1. The number of alkyl carbamates (subject to hydrolysis) is 1. The molecule has 0 bridgehead atoms. The minimum absolute atomic E-state index is 0.171. The fourth-order valence-corrected chi connectivity index (χ4v) is 3.32. The first-order valence-electron chi connectivity index (χ1n) is 10.2. The number of benzene rings is 1. The number of amides is 3. The Labute approximate surface area is 173 Å². The molecular formula is C22H33N3O4. The van der Waals surface area contributed by atoms with Crippen molar-refractivity contribution in [1.82, 2.24) is 15.5 Å². The second-order valence-corrected chi connectivity index (χ2v) is 8.67. The predicted molar refractivity (Wildman–Crippen MR) is 111 cm³/mol. The van der Waals surface area contributed by atoms with E-state index in [4.69, 9.17) is 4.74 Å². The SMILES string of the molecule is CC[C@](C)(NC(=O)OC(C)(C)C)C(=O)N1CCC[C@H]1C(=O)NCc1ccccc1. The van der Waals surface area contributed by atoms with Gasteiger partial charge in [-0.05, 0) is 52.5 Å². The van der Waals surface area contributed by atoms with Crippen molar-refractivity contribution >= 4 is 17.9 Å². The van der Waals surface area contributed by atoms with Crippen LogP contribution in [0.25, 0.3) is 0 Å². The molecule has 29 heavy (non-hydrogen) atoms. The van der Waals surface area contributed by atoms with Crippen LogP contribution in [0, 0.1) is 0 Å². The lowest BCUT2D eigenvalue weighted by Crippen LogP contribution is -2.60. The van der Waals surface area contributed by atoms with E-state index >= 15 is 0 Å². The maximum atomic E-state index is 13.3. The van der Waals surface area contributed by atoms with Gasteiger partial charge in [0.25, 0.3) is 0 Å². The number of carbonyl (C=O) groups is 3. The molecule has 0 aliphatic carbocycles.